The summed E-state index contributed by atoms with van der Waals surface area (Å²) in [6.07, 6.45) is 3.38. The minimum Gasteiger partial charge on any atom is -0.368 e. The lowest BCUT2D eigenvalue weighted by Gasteiger charge is -2.37. The number of likely N-dealkylation sites (tertiary alicyclic amines) is 1. The Bertz CT molecular complexity index is 361. The lowest BCUT2D eigenvalue weighted by molar-refractivity contribution is -0.138. The lowest BCUT2D eigenvalue weighted by Crippen LogP contribution is -2.51. The molecule has 1 aliphatic rings. The molecule has 0 aromatic carbocycles. The molecule has 1 aliphatic heterocycles. The molecular weight excluding hydrogens is 228 g/mol. The van der Waals surface area contributed by atoms with Crippen molar-refractivity contribution >= 4 is 11.8 Å². The number of nitrogens with two attached hydrogens (primary N) is 1. The zero-order valence-electron chi connectivity index (χ0n) is 11.7. The Balaban J connectivity index is 2.87. The van der Waals surface area contributed by atoms with Gasteiger partial charge in [0.05, 0.1) is 0 Å². The first-order valence-electron chi connectivity index (χ1n) is 6.61. The van der Waals surface area contributed by atoms with Crippen LogP contribution < -0.4 is 5.73 Å². The van der Waals surface area contributed by atoms with Gasteiger partial charge in [0.1, 0.15) is 6.04 Å². The average molecular weight is 252 g/mol. The second-order valence-electron chi connectivity index (χ2n) is 5.63. The van der Waals surface area contributed by atoms with Crippen molar-refractivity contribution in [3.05, 3.63) is 12.2 Å². The number of piperidine rings is 1. The van der Waals surface area contributed by atoms with E-state index in [-0.39, 0.29) is 11.3 Å². The van der Waals surface area contributed by atoms with Crippen LogP contribution in [0.3, 0.4) is 0 Å². The van der Waals surface area contributed by atoms with E-state index in [1.807, 2.05) is 20.8 Å². The summed E-state index contributed by atoms with van der Waals surface area (Å²) in [7, 11) is 0. The maximum atomic E-state index is 12.4. The molecule has 1 rings (SSSR count). The third-order valence-electron chi connectivity index (χ3n) is 4.05. The van der Waals surface area contributed by atoms with Gasteiger partial charge in [-0.25, -0.2) is 0 Å². The highest BCUT2D eigenvalue weighted by Gasteiger charge is 2.35. The Morgan fingerprint density at radius 3 is 2.50 bits per heavy atom. The number of hydrogen-bond donors (Lipinski definition) is 1. The van der Waals surface area contributed by atoms with Gasteiger partial charge in [0.2, 0.25) is 11.8 Å². The Hall–Kier alpha value is -1.32. The fourth-order valence-electron chi connectivity index (χ4n) is 2.15. The maximum Gasteiger partial charge on any atom is 0.250 e. The number of primary amides is 1. The number of rotatable bonds is 4. The predicted octanol–water partition coefficient (Wildman–Crippen LogP) is 1.85. The summed E-state index contributed by atoms with van der Waals surface area (Å²) >= 11 is 0. The molecule has 0 aromatic rings. The van der Waals surface area contributed by atoms with E-state index < -0.39 is 11.9 Å². The molecule has 0 aliphatic carbocycles. The van der Waals surface area contributed by atoms with Crippen molar-refractivity contribution in [3.63, 3.8) is 0 Å². The van der Waals surface area contributed by atoms with E-state index >= 15 is 0 Å². The number of nitrogens with zero attached hydrogens (tertiary/aromatic N) is 1. The van der Waals surface area contributed by atoms with E-state index in [1.54, 1.807) is 4.90 Å². The molecule has 1 atom stereocenters. The molecule has 102 valence electrons. The number of carbonyl (C=O) groups excluding carboxylic acids is 2. The van der Waals surface area contributed by atoms with Gasteiger partial charge in [-0.15, -0.1) is 0 Å². The SMILES string of the molecule is C=C(C(=O)N1CCCCC1C(N)=O)C(C)(C)CC. The lowest BCUT2D eigenvalue weighted by atomic mass is 9.81. The fraction of sp³-hybridized carbons (Fsp3) is 0.714. The van der Waals surface area contributed by atoms with Crippen molar-refractivity contribution < 1.29 is 9.59 Å². The molecule has 18 heavy (non-hydrogen) atoms. The highest BCUT2D eigenvalue weighted by Crippen LogP contribution is 2.31. The van der Waals surface area contributed by atoms with Crippen LogP contribution >= 0.6 is 0 Å². The van der Waals surface area contributed by atoms with Crippen LogP contribution in [0.1, 0.15) is 46.5 Å². The first-order chi connectivity index (χ1) is 8.31. The zero-order valence-corrected chi connectivity index (χ0v) is 11.7. The van der Waals surface area contributed by atoms with Gasteiger partial charge in [-0.05, 0) is 31.1 Å². The summed E-state index contributed by atoms with van der Waals surface area (Å²) in [5.74, 6) is -0.532. The maximum absolute atomic E-state index is 12.4. The molecule has 1 fully saturated rings. The Morgan fingerprint density at radius 2 is 2.00 bits per heavy atom. The zero-order chi connectivity index (χ0) is 13.9. The van der Waals surface area contributed by atoms with Crippen LogP contribution in [0, 0.1) is 5.41 Å². The van der Waals surface area contributed by atoms with Crippen LogP contribution in [0.5, 0.6) is 0 Å². The van der Waals surface area contributed by atoms with Gasteiger partial charge < -0.3 is 10.6 Å². The molecule has 4 nitrogen and oxygen atoms in total. The molecule has 0 radical (unpaired) electrons. The van der Waals surface area contributed by atoms with Gasteiger partial charge in [-0.3, -0.25) is 9.59 Å². The third-order valence-corrected chi connectivity index (χ3v) is 4.05. The van der Waals surface area contributed by atoms with Crippen LogP contribution in [0.25, 0.3) is 0 Å². The van der Waals surface area contributed by atoms with E-state index in [4.69, 9.17) is 5.73 Å². The predicted molar refractivity (Wildman–Crippen MR) is 71.8 cm³/mol. The second-order valence-corrected chi connectivity index (χ2v) is 5.63. The van der Waals surface area contributed by atoms with Crippen LogP contribution in [-0.4, -0.2) is 29.3 Å². The quantitative estimate of drug-likeness (QED) is 0.776. The van der Waals surface area contributed by atoms with Crippen LogP contribution in [0.4, 0.5) is 0 Å². The van der Waals surface area contributed by atoms with E-state index in [9.17, 15) is 9.59 Å². The smallest absolute Gasteiger partial charge is 0.250 e. The van der Waals surface area contributed by atoms with Crippen molar-refractivity contribution in [2.45, 2.75) is 52.5 Å². The Kier molecular flexibility index (Phi) is 4.54. The summed E-state index contributed by atoms with van der Waals surface area (Å²) in [6, 6.07) is -0.462. The van der Waals surface area contributed by atoms with Gasteiger partial charge in [0, 0.05) is 12.1 Å². The van der Waals surface area contributed by atoms with Crippen LogP contribution in [0.2, 0.25) is 0 Å². The fourth-order valence-corrected chi connectivity index (χ4v) is 2.15. The van der Waals surface area contributed by atoms with Gasteiger partial charge in [-0.2, -0.15) is 0 Å². The molecule has 4 heteroatoms. The largest absolute Gasteiger partial charge is 0.368 e. The molecule has 1 unspecified atom stereocenters. The van der Waals surface area contributed by atoms with E-state index in [1.165, 1.54) is 0 Å². The summed E-state index contributed by atoms with van der Waals surface area (Å²) < 4.78 is 0. The topological polar surface area (TPSA) is 63.4 Å². The van der Waals surface area contributed by atoms with Crippen molar-refractivity contribution in [3.8, 4) is 0 Å². The Labute approximate surface area is 109 Å². The molecule has 2 amide bonds. The van der Waals surface area contributed by atoms with Gasteiger partial charge in [-0.1, -0.05) is 27.4 Å². The molecule has 2 N–H and O–H groups in total. The first-order valence-corrected chi connectivity index (χ1v) is 6.61. The second kappa shape index (κ2) is 5.55. The average Bonchev–Trinajstić information content (AvgIpc) is 2.36. The number of hydrogen-bond acceptors (Lipinski definition) is 2. The molecular formula is C14H24N2O2. The molecule has 1 heterocycles. The van der Waals surface area contributed by atoms with Gasteiger partial charge in [0.15, 0.2) is 0 Å². The van der Waals surface area contributed by atoms with Gasteiger partial charge in [0.25, 0.3) is 0 Å². The van der Waals surface area contributed by atoms with Crippen molar-refractivity contribution in [1.82, 2.24) is 4.90 Å². The van der Waals surface area contributed by atoms with E-state index in [0.717, 1.165) is 19.3 Å². The van der Waals surface area contributed by atoms with Crippen molar-refractivity contribution in [2.75, 3.05) is 6.54 Å². The number of carbonyl (C=O) groups is 2. The van der Waals surface area contributed by atoms with Crippen LogP contribution in [0.15, 0.2) is 12.2 Å². The standard InChI is InChI=1S/C14H24N2O2/c1-5-14(3,4)10(2)13(18)16-9-7-6-8-11(16)12(15)17/h11H,2,5-9H2,1,3-4H3,(H2,15,17). The minimum absolute atomic E-state index is 0.120. The molecule has 0 saturated carbocycles. The molecule has 0 spiro atoms. The summed E-state index contributed by atoms with van der Waals surface area (Å²) in [5.41, 5.74) is 5.70. The Morgan fingerprint density at radius 1 is 1.39 bits per heavy atom. The highest BCUT2D eigenvalue weighted by atomic mass is 16.2. The molecule has 0 bridgehead atoms. The highest BCUT2D eigenvalue weighted by molar-refractivity contribution is 5.97. The van der Waals surface area contributed by atoms with E-state index in [2.05, 4.69) is 6.58 Å². The monoisotopic (exact) mass is 252 g/mol. The van der Waals surface area contributed by atoms with Crippen LogP contribution in [-0.2, 0) is 9.59 Å². The molecule has 1 saturated heterocycles. The summed E-state index contributed by atoms with van der Waals surface area (Å²) in [5, 5.41) is 0. The normalized spacial score (nSPS) is 20.6. The van der Waals surface area contributed by atoms with Crippen molar-refractivity contribution in [1.29, 1.82) is 0 Å². The summed E-state index contributed by atoms with van der Waals surface area (Å²) in [6.45, 7) is 10.5. The van der Waals surface area contributed by atoms with E-state index in [0.29, 0.717) is 18.5 Å². The van der Waals surface area contributed by atoms with Crippen molar-refractivity contribution in [2.24, 2.45) is 11.1 Å². The van der Waals surface area contributed by atoms with Gasteiger partial charge >= 0.3 is 0 Å². The summed E-state index contributed by atoms with van der Waals surface area (Å²) in [4.78, 5) is 25.4. The molecule has 0 aromatic heterocycles. The first kappa shape index (κ1) is 14.7. The third kappa shape index (κ3) is 2.92. The number of amides is 2. The minimum atomic E-state index is -0.462.